The van der Waals surface area contributed by atoms with Gasteiger partial charge in [0.15, 0.2) is 0 Å². The Morgan fingerprint density at radius 2 is 1.71 bits per heavy atom. The number of aryl methyl sites for hydroxylation is 1. The van der Waals surface area contributed by atoms with Gasteiger partial charge in [0.25, 0.3) is 0 Å². The molecule has 2 aromatic rings. The molecule has 0 spiro atoms. The van der Waals surface area contributed by atoms with Crippen LogP contribution in [-0.4, -0.2) is 23.1 Å². The number of hydrogen-bond donors (Lipinski definition) is 0. The van der Waals surface area contributed by atoms with Crippen molar-refractivity contribution in [1.29, 1.82) is 0 Å². The zero-order valence-corrected chi connectivity index (χ0v) is 16.2. The maximum Gasteiger partial charge on any atom is 2.00 e. The maximum atomic E-state index is 5.95. The van der Waals surface area contributed by atoms with Crippen molar-refractivity contribution in [2.24, 2.45) is 0 Å². The van der Waals surface area contributed by atoms with Gasteiger partial charge in [0, 0.05) is 5.75 Å². The summed E-state index contributed by atoms with van der Waals surface area (Å²) < 4.78 is 5.95. The van der Waals surface area contributed by atoms with Crippen LogP contribution in [-0.2, 0) is 12.0 Å². The largest absolute Gasteiger partial charge is 2.00 e. The molecule has 0 radical (unpaired) electrons. The van der Waals surface area contributed by atoms with Crippen LogP contribution in [0, 0.1) is 13.0 Å². The smallest absolute Gasteiger partial charge is 1.00 e. The Hall–Kier alpha value is -0.514. The van der Waals surface area contributed by atoms with E-state index in [1.165, 1.54) is 16.7 Å². The molecule has 0 aliphatic heterocycles. The van der Waals surface area contributed by atoms with Crippen LogP contribution in [0.4, 0.5) is 0 Å². The van der Waals surface area contributed by atoms with Crippen molar-refractivity contribution >= 4 is 23.1 Å². The SMILES string of the molecule is Cc1c[c-]c(OCc2ccccc2)c(C(C)(C)C)c1.[Br-].[Mg+2]. The molecule has 1 nitrogen and oxygen atoms in total. The number of rotatable bonds is 3. The predicted octanol–water partition coefficient (Wildman–Crippen LogP) is 1.29. The first-order valence-electron chi connectivity index (χ1n) is 6.66. The topological polar surface area (TPSA) is 9.23 Å². The Kier molecular flexibility index (Phi) is 8.60. The maximum absolute atomic E-state index is 5.95. The molecule has 0 saturated heterocycles. The molecule has 0 fully saturated rings. The summed E-state index contributed by atoms with van der Waals surface area (Å²) in [6, 6.07) is 17.7. The molecule has 0 aliphatic rings. The van der Waals surface area contributed by atoms with Crippen molar-refractivity contribution in [3.63, 3.8) is 0 Å². The first-order chi connectivity index (χ1) is 8.97. The summed E-state index contributed by atoms with van der Waals surface area (Å²) >= 11 is 0. The molecule has 0 unspecified atom stereocenters. The van der Waals surface area contributed by atoms with E-state index in [4.69, 9.17) is 4.74 Å². The van der Waals surface area contributed by atoms with Crippen LogP contribution in [0.5, 0.6) is 5.75 Å². The molecule has 2 rings (SSSR count). The standard InChI is InChI=1S/C18H21O.BrH.Mg/c1-14-10-11-17(16(12-14)18(2,3)4)19-13-15-8-6-5-7-9-15;;/h5-10,12H,13H2,1-4H3;1H;/q-1;;+2/p-1. The van der Waals surface area contributed by atoms with Crippen molar-refractivity contribution in [3.8, 4) is 5.75 Å². The van der Waals surface area contributed by atoms with Gasteiger partial charge in [-0.15, -0.1) is 11.6 Å². The van der Waals surface area contributed by atoms with Gasteiger partial charge in [-0.2, -0.15) is 17.7 Å². The number of benzene rings is 2. The Bertz CT molecular complexity index is 547. The fourth-order valence-electron chi connectivity index (χ4n) is 2.00. The molecular weight excluding hydrogens is 336 g/mol. The second-order valence-corrected chi connectivity index (χ2v) is 5.94. The summed E-state index contributed by atoms with van der Waals surface area (Å²) in [6.45, 7) is 9.27. The summed E-state index contributed by atoms with van der Waals surface area (Å²) in [5.41, 5.74) is 3.67. The number of halogens is 1. The Morgan fingerprint density at radius 1 is 1.10 bits per heavy atom. The zero-order chi connectivity index (χ0) is 13.9. The van der Waals surface area contributed by atoms with Crippen molar-refractivity contribution < 1.29 is 21.7 Å². The van der Waals surface area contributed by atoms with Crippen LogP contribution in [0.25, 0.3) is 0 Å². The second-order valence-electron chi connectivity index (χ2n) is 5.94. The molecule has 108 valence electrons. The van der Waals surface area contributed by atoms with Gasteiger partial charge >= 0.3 is 23.1 Å². The summed E-state index contributed by atoms with van der Waals surface area (Å²) in [7, 11) is 0. The Labute approximate surface area is 155 Å². The minimum Gasteiger partial charge on any atom is -1.00 e. The van der Waals surface area contributed by atoms with Gasteiger partial charge in [0.2, 0.25) is 0 Å². The molecule has 0 aromatic heterocycles. The van der Waals surface area contributed by atoms with E-state index in [1.54, 1.807) is 0 Å². The quantitative estimate of drug-likeness (QED) is 0.594. The van der Waals surface area contributed by atoms with Crippen LogP contribution < -0.4 is 21.7 Å². The van der Waals surface area contributed by atoms with Crippen molar-refractivity contribution in [1.82, 2.24) is 0 Å². The van der Waals surface area contributed by atoms with Gasteiger partial charge in [-0.05, 0) is 5.56 Å². The van der Waals surface area contributed by atoms with Crippen LogP contribution in [0.15, 0.2) is 42.5 Å². The van der Waals surface area contributed by atoms with E-state index in [1.807, 2.05) is 24.3 Å². The third kappa shape index (κ3) is 6.01. The minimum atomic E-state index is 0. The second kappa shape index (κ2) is 8.81. The number of ether oxygens (including phenoxy) is 1. The molecule has 0 saturated carbocycles. The predicted molar refractivity (Wildman–Crippen MR) is 85.2 cm³/mol. The zero-order valence-electron chi connectivity index (χ0n) is 13.2. The van der Waals surface area contributed by atoms with E-state index in [0.717, 1.165) is 5.75 Å². The van der Waals surface area contributed by atoms with Crippen molar-refractivity contribution in [2.45, 2.75) is 39.7 Å². The van der Waals surface area contributed by atoms with Crippen molar-refractivity contribution in [2.75, 3.05) is 0 Å². The van der Waals surface area contributed by atoms with Crippen LogP contribution >= 0.6 is 0 Å². The molecule has 0 aliphatic carbocycles. The fourth-order valence-corrected chi connectivity index (χ4v) is 2.00. The average molecular weight is 358 g/mol. The summed E-state index contributed by atoms with van der Waals surface area (Å²) in [5, 5.41) is 0. The molecule has 21 heavy (non-hydrogen) atoms. The molecule has 0 amide bonds. The van der Waals surface area contributed by atoms with Gasteiger partial charge in [-0.3, -0.25) is 0 Å². The Balaban J connectivity index is 0.00000200. The molecule has 0 heterocycles. The summed E-state index contributed by atoms with van der Waals surface area (Å²) in [4.78, 5) is 0. The van der Waals surface area contributed by atoms with Crippen LogP contribution in [0.1, 0.15) is 37.5 Å². The van der Waals surface area contributed by atoms with Gasteiger partial charge in [0.05, 0.1) is 0 Å². The van der Waals surface area contributed by atoms with E-state index in [9.17, 15) is 0 Å². The summed E-state index contributed by atoms with van der Waals surface area (Å²) in [5.74, 6) is 0.863. The molecule has 0 bridgehead atoms. The van der Waals surface area contributed by atoms with E-state index >= 15 is 0 Å². The molecular formula is C18H21BrMgO. The van der Waals surface area contributed by atoms with Crippen LogP contribution in [0.2, 0.25) is 0 Å². The first-order valence-corrected chi connectivity index (χ1v) is 6.66. The third-order valence-electron chi connectivity index (χ3n) is 3.08. The normalized spacial score (nSPS) is 10.3. The monoisotopic (exact) mass is 356 g/mol. The average Bonchev–Trinajstić information content (AvgIpc) is 2.37. The number of hydrogen-bond acceptors (Lipinski definition) is 1. The summed E-state index contributed by atoms with van der Waals surface area (Å²) in [6.07, 6.45) is 0. The fraction of sp³-hybridized carbons (Fsp3) is 0.333. The van der Waals surface area contributed by atoms with E-state index < -0.39 is 0 Å². The van der Waals surface area contributed by atoms with Gasteiger partial charge < -0.3 is 21.7 Å². The van der Waals surface area contributed by atoms with E-state index in [-0.39, 0.29) is 45.4 Å². The molecule has 0 N–H and O–H groups in total. The van der Waals surface area contributed by atoms with E-state index in [2.05, 4.69) is 52.0 Å². The van der Waals surface area contributed by atoms with Gasteiger partial charge in [0.1, 0.15) is 6.61 Å². The molecule has 2 aromatic carbocycles. The molecule has 0 atom stereocenters. The van der Waals surface area contributed by atoms with Crippen molar-refractivity contribution in [3.05, 3.63) is 65.2 Å². The third-order valence-corrected chi connectivity index (χ3v) is 3.08. The van der Waals surface area contributed by atoms with Gasteiger partial charge in [-0.1, -0.05) is 63.4 Å². The minimum absolute atomic E-state index is 0. The van der Waals surface area contributed by atoms with Gasteiger partial charge in [-0.25, -0.2) is 0 Å². The van der Waals surface area contributed by atoms with E-state index in [0.29, 0.717) is 6.61 Å². The Morgan fingerprint density at radius 3 is 2.29 bits per heavy atom. The van der Waals surface area contributed by atoms with Crippen LogP contribution in [0.3, 0.4) is 0 Å². The molecule has 3 heteroatoms. The first kappa shape index (κ1) is 20.5.